The minimum absolute atomic E-state index is 0.713. The van der Waals surface area contributed by atoms with Crippen LogP contribution < -0.4 is 5.32 Å². The first-order valence-electron chi connectivity index (χ1n) is 8.10. The van der Waals surface area contributed by atoms with Crippen molar-refractivity contribution in [3.63, 3.8) is 0 Å². The van der Waals surface area contributed by atoms with E-state index in [1.807, 2.05) is 36.0 Å². The van der Waals surface area contributed by atoms with Crippen LogP contribution in [0.4, 0.5) is 5.69 Å². The smallest absolute Gasteiger partial charge is 0.160 e. The molecule has 4 aromatic rings. The Hall–Kier alpha value is -2.60. The van der Waals surface area contributed by atoms with Crippen LogP contribution in [0, 0.1) is 13.8 Å². The van der Waals surface area contributed by atoms with Crippen molar-refractivity contribution in [3.05, 3.63) is 76.4 Å². The van der Waals surface area contributed by atoms with Gasteiger partial charge in [-0.15, -0.1) is 0 Å². The largest absolute Gasteiger partial charge is 0.378 e. The van der Waals surface area contributed by atoms with Gasteiger partial charge in [0.05, 0.1) is 17.1 Å². The van der Waals surface area contributed by atoms with Crippen LogP contribution in [0.15, 0.2) is 59.5 Å². The second-order valence-electron chi connectivity index (χ2n) is 5.98. The van der Waals surface area contributed by atoms with Crippen LogP contribution in [-0.4, -0.2) is 19.2 Å². The molecular weight excluding hydrogens is 378 g/mol. The van der Waals surface area contributed by atoms with Crippen LogP contribution in [0.3, 0.4) is 0 Å². The van der Waals surface area contributed by atoms with Crippen LogP contribution in [-0.2, 0) is 6.54 Å². The van der Waals surface area contributed by atoms with Crippen molar-refractivity contribution in [1.82, 2.24) is 19.2 Å². The van der Waals surface area contributed by atoms with Gasteiger partial charge in [-0.2, -0.15) is 5.10 Å². The number of benzene rings is 1. The molecule has 6 heteroatoms. The van der Waals surface area contributed by atoms with Crippen LogP contribution in [0.5, 0.6) is 0 Å². The fourth-order valence-electron chi connectivity index (χ4n) is 2.87. The van der Waals surface area contributed by atoms with Gasteiger partial charge in [-0.05, 0) is 37.6 Å². The van der Waals surface area contributed by atoms with E-state index in [1.54, 1.807) is 6.20 Å². The van der Waals surface area contributed by atoms with Gasteiger partial charge in [0.2, 0.25) is 0 Å². The van der Waals surface area contributed by atoms with E-state index < -0.39 is 0 Å². The number of aryl methyl sites for hydroxylation is 2. The number of imidazole rings is 1. The molecule has 0 saturated carbocycles. The summed E-state index contributed by atoms with van der Waals surface area (Å²) in [5, 5.41) is 7.88. The molecule has 0 fully saturated rings. The molecule has 0 aliphatic carbocycles. The quantitative estimate of drug-likeness (QED) is 0.552. The van der Waals surface area contributed by atoms with E-state index in [-0.39, 0.29) is 0 Å². The molecule has 0 spiro atoms. The fraction of sp³-hybridized carbons (Fsp3) is 0.158. The van der Waals surface area contributed by atoms with Crippen LogP contribution >= 0.6 is 15.9 Å². The van der Waals surface area contributed by atoms with Gasteiger partial charge in [-0.1, -0.05) is 34.1 Å². The molecule has 126 valence electrons. The van der Waals surface area contributed by atoms with E-state index in [4.69, 9.17) is 4.98 Å². The van der Waals surface area contributed by atoms with E-state index in [2.05, 4.69) is 62.1 Å². The molecule has 0 aliphatic heterocycles. The van der Waals surface area contributed by atoms with Crippen molar-refractivity contribution in [2.45, 2.75) is 20.4 Å². The van der Waals surface area contributed by atoms with Crippen molar-refractivity contribution in [2.24, 2.45) is 0 Å². The minimum atomic E-state index is 0.713. The Bertz CT molecular complexity index is 1030. The normalized spacial score (nSPS) is 11.2. The van der Waals surface area contributed by atoms with Gasteiger partial charge in [0.25, 0.3) is 0 Å². The topological polar surface area (TPSA) is 47.2 Å². The predicted molar refractivity (Wildman–Crippen MR) is 103 cm³/mol. The standard InChI is InChI=1S/C19H18BrN5/c1-13-14(2)24-12-16(25-9-5-8-22-25)10-18(19(24)23-13)21-11-15-6-3-4-7-17(15)20/h3-10,12,21H,11H2,1-2H3. The molecule has 3 heterocycles. The number of hydrogen-bond acceptors (Lipinski definition) is 3. The first-order valence-corrected chi connectivity index (χ1v) is 8.89. The van der Waals surface area contributed by atoms with Crippen molar-refractivity contribution < 1.29 is 0 Å². The number of halogens is 1. The van der Waals surface area contributed by atoms with Gasteiger partial charge in [0.15, 0.2) is 5.65 Å². The first kappa shape index (κ1) is 15.9. The van der Waals surface area contributed by atoms with E-state index >= 15 is 0 Å². The Labute approximate surface area is 154 Å². The van der Waals surface area contributed by atoms with Gasteiger partial charge in [0, 0.05) is 35.3 Å². The Kier molecular flexibility index (Phi) is 4.05. The van der Waals surface area contributed by atoms with Crippen LogP contribution in [0.1, 0.15) is 17.0 Å². The molecule has 0 amide bonds. The average Bonchev–Trinajstić information content (AvgIpc) is 3.24. The molecule has 4 rings (SSSR count). The van der Waals surface area contributed by atoms with Gasteiger partial charge in [-0.25, -0.2) is 9.67 Å². The lowest BCUT2D eigenvalue weighted by atomic mass is 10.2. The zero-order chi connectivity index (χ0) is 17.4. The van der Waals surface area contributed by atoms with E-state index in [9.17, 15) is 0 Å². The molecule has 0 atom stereocenters. The molecule has 5 nitrogen and oxygen atoms in total. The summed E-state index contributed by atoms with van der Waals surface area (Å²) in [6.07, 6.45) is 5.80. The highest BCUT2D eigenvalue weighted by atomic mass is 79.9. The third-order valence-corrected chi connectivity index (χ3v) is 5.15. The molecule has 0 radical (unpaired) electrons. The summed E-state index contributed by atoms with van der Waals surface area (Å²) in [5.41, 5.74) is 6.27. The molecule has 0 bridgehead atoms. The average molecular weight is 396 g/mol. The Morgan fingerprint density at radius 2 is 2.00 bits per heavy atom. The second kappa shape index (κ2) is 6.37. The van der Waals surface area contributed by atoms with Gasteiger partial charge < -0.3 is 9.72 Å². The van der Waals surface area contributed by atoms with Crippen LogP contribution in [0.25, 0.3) is 11.3 Å². The Morgan fingerprint density at radius 3 is 2.76 bits per heavy atom. The highest BCUT2D eigenvalue weighted by molar-refractivity contribution is 9.10. The molecule has 1 N–H and O–H groups in total. The fourth-order valence-corrected chi connectivity index (χ4v) is 3.29. The molecule has 1 aromatic carbocycles. The molecule has 0 unspecified atom stereocenters. The van der Waals surface area contributed by atoms with Gasteiger partial charge >= 0.3 is 0 Å². The Balaban J connectivity index is 1.78. The zero-order valence-corrected chi connectivity index (χ0v) is 15.7. The maximum absolute atomic E-state index is 4.73. The number of anilines is 1. The van der Waals surface area contributed by atoms with Crippen LogP contribution in [0.2, 0.25) is 0 Å². The van der Waals surface area contributed by atoms with E-state index in [1.165, 1.54) is 5.56 Å². The number of pyridine rings is 1. The maximum Gasteiger partial charge on any atom is 0.160 e. The zero-order valence-electron chi connectivity index (χ0n) is 14.1. The molecule has 0 aliphatic rings. The highest BCUT2D eigenvalue weighted by Crippen LogP contribution is 2.25. The number of nitrogens with zero attached hydrogens (tertiary/aromatic N) is 4. The minimum Gasteiger partial charge on any atom is -0.378 e. The lowest BCUT2D eigenvalue weighted by Crippen LogP contribution is -2.05. The van der Waals surface area contributed by atoms with Crippen molar-refractivity contribution in [1.29, 1.82) is 0 Å². The summed E-state index contributed by atoms with van der Waals surface area (Å²) in [7, 11) is 0. The van der Waals surface area contributed by atoms with E-state index in [0.717, 1.165) is 32.9 Å². The summed E-state index contributed by atoms with van der Waals surface area (Å²) >= 11 is 3.61. The lowest BCUT2D eigenvalue weighted by Gasteiger charge is -2.12. The number of rotatable bonds is 4. The summed E-state index contributed by atoms with van der Waals surface area (Å²) in [6, 6.07) is 12.2. The third kappa shape index (κ3) is 2.93. The summed E-state index contributed by atoms with van der Waals surface area (Å²) in [6.45, 7) is 4.83. The number of hydrogen-bond donors (Lipinski definition) is 1. The Morgan fingerprint density at radius 1 is 1.16 bits per heavy atom. The molecule has 3 aromatic heterocycles. The second-order valence-corrected chi connectivity index (χ2v) is 6.84. The number of aromatic nitrogens is 4. The molecule has 25 heavy (non-hydrogen) atoms. The third-order valence-electron chi connectivity index (χ3n) is 4.38. The molecule has 0 saturated heterocycles. The SMILES string of the molecule is Cc1nc2c(NCc3ccccc3Br)cc(-n3cccn3)cn2c1C. The number of fused-ring (bicyclic) bond motifs is 1. The summed E-state index contributed by atoms with van der Waals surface area (Å²) in [4.78, 5) is 4.73. The van der Waals surface area contributed by atoms with E-state index in [0.29, 0.717) is 6.54 Å². The monoisotopic (exact) mass is 395 g/mol. The van der Waals surface area contributed by atoms with Crippen molar-refractivity contribution in [3.8, 4) is 5.69 Å². The lowest BCUT2D eigenvalue weighted by molar-refractivity contribution is 0.867. The van der Waals surface area contributed by atoms with Crippen molar-refractivity contribution in [2.75, 3.05) is 5.32 Å². The van der Waals surface area contributed by atoms with Gasteiger partial charge in [-0.3, -0.25) is 0 Å². The first-order chi connectivity index (χ1) is 12.1. The summed E-state index contributed by atoms with van der Waals surface area (Å²) < 4.78 is 5.07. The molecular formula is C19H18BrN5. The maximum atomic E-state index is 4.73. The highest BCUT2D eigenvalue weighted by Gasteiger charge is 2.12. The number of nitrogens with one attached hydrogen (secondary N) is 1. The van der Waals surface area contributed by atoms with Crippen molar-refractivity contribution >= 4 is 27.3 Å². The van der Waals surface area contributed by atoms with Gasteiger partial charge in [0.1, 0.15) is 0 Å². The predicted octanol–water partition coefficient (Wildman–Crippen LogP) is 4.51. The summed E-state index contributed by atoms with van der Waals surface area (Å²) in [5.74, 6) is 0.